The van der Waals surface area contributed by atoms with Gasteiger partial charge in [-0.3, -0.25) is 15.0 Å². The highest BCUT2D eigenvalue weighted by molar-refractivity contribution is 5.32. The number of rotatable bonds is 5. The van der Waals surface area contributed by atoms with E-state index in [0.29, 0.717) is 13.1 Å². The Bertz CT molecular complexity index is 435. The van der Waals surface area contributed by atoms with E-state index in [4.69, 9.17) is 5.11 Å². The van der Waals surface area contributed by atoms with Crippen LogP contribution in [0.1, 0.15) is 5.56 Å². The Labute approximate surface area is 111 Å². The van der Waals surface area contributed by atoms with Gasteiger partial charge < -0.3 is 10.2 Å². The molecule has 0 bridgehead atoms. The third-order valence-electron chi connectivity index (χ3n) is 3.58. The first-order chi connectivity index (χ1) is 9.10. The topological polar surface area (TPSA) is 86.8 Å². The molecule has 1 aromatic carbocycles. The molecule has 1 aromatic rings. The van der Waals surface area contributed by atoms with Gasteiger partial charge in [0, 0.05) is 44.3 Å². The van der Waals surface area contributed by atoms with Crippen LogP contribution in [0.2, 0.25) is 0 Å². The third kappa shape index (κ3) is 3.50. The highest BCUT2D eigenvalue weighted by atomic mass is 16.6. The third-order valence-corrected chi connectivity index (χ3v) is 3.58. The Balaban J connectivity index is 1.84. The van der Waals surface area contributed by atoms with Crippen molar-refractivity contribution in [3.63, 3.8) is 0 Å². The maximum atomic E-state index is 10.5. The molecule has 1 fully saturated rings. The fourth-order valence-corrected chi connectivity index (χ4v) is 2.37. The van der Waals surface area contributed by atoms with Crippen LogP contribution in [0, 0.1) is 16.0 Å². The van der Waals surface area contributed by atoms with Gasteiger partial charge in [0.1, 0.15) is 0 Å². The molecular weight excluding hydrogens is 248 g/mol. The largest absolute Gasteiger partial charge is 0.396 e. The summed E-state index contributed by atoms with van der Waals surface area (Å²) in [6.07, 6.45) is 0.324. The number of non-ortho nitro benzene ring substituents is 1. The van der Waals surface area contributed by atoms with Gasteiger partial charge in [-0.25, -0.2) is 0 Å². The minimum Gasteiger partial charge on any atom is -0.396 e. The summed E-state index contributed by atoms with van der Waals surface area (Å²) in [6.45, 7) is 2.07. The predicted molar refractivity (Wildman–Crippen MR) is 69.8 cm³/mol. The van der Waals surface area contributed by atoms with Gasteiger partial charge in [-0.2, -0.15) is 0 Å². The van der Waals surface area contributed by atoms with Gasteiger partial charge in [-0.15, -0.1) is 0 Å². The quantitative estimate of drug-likeness (QED) is 0.596. The minimum atomic E-state index is -0.457. The molecule has 0 saturated carbocycles. The Morgan fingerprint density at radius 3 is 2.53 bits per heavy atom. The monoisotopic (exact) mass is 266 g/mol. The van der Waals surface area contributed by atoms with Crippen molar-refractivity contribution in [2.24, 2.45) is 5.92 Å². The van der Waals surface area contributed by atoms with E-state index >= 15 is 0 Å². The van der Waals surface area contributed by atoms with Gasteiger partial charge in [0.25, 0.3) is 5.69 Å². The summed E-state index contributed by atoms with van der Waals surface area (Å²) in [5.74, 6) is -0.0585. The molecule has 0 amide bonds. The van der Waals surface area contributed by atoms with Crippen LogP contribution in [0.5, 0.6) is 0 Å². The second kappa shape index (κ2) is 6.10. The first kappa shape index (κ1) is 13.9. The van der Waals surface area contributed by atoms with Gasteiger partial charge in [0.2, 0.25) is 0 Å². The summed E-state index contributed by atoms with van der Waals surface area (Å²) in [5.41, 5.74) is 1.13. The van der Waals surface area contributed by atoms with Crippen LogP contribution < -0.4 is 0 Å². The molecule has 0 radical (unpaired) electrons. The molecule has 6 nitrogen and oxygen atoms in total. The number of aliphatic hydroxyl groups excluding tert-OH is 2. The van der Waals surface area contributed by atoms with E-state index in [-0.39, 0.29) is 18.2 Å². The van der Waals surface area contributed by atoms with Crippen molar-refractivity contribution < 1.29 is 15.1 Å². The average Bonchev–Trinajstić information content (AvgIpc) is 2.77. The van der Waals surface area contributed by atoms with E-state index in [9.17, 15) is 15.2 Å². The van der Waals surface area contributed by atoms with Crippen LogP contribution in [0.3, 0.4) is 0 Å². The Morgan fingerprint density at radius 2 is 2.00 bits per heavy atom. The molecule has 2 rings (SSSR count). The molecule has 1 aliphatic heterocycles. The van der Waals surface area contributed by atoms with Crippen molar-refractivity contribution in [1.82, 2.24) is 4.90 Å². The van der Waals surface area contributed by atoms with Crippen molar-refractivity contribution in [3.8, 4) is 0 Å². The van der Waals surface area contributed by atoms with Gasteiger partial charge in [-0.05, 0) is 12.0 Å². The summed E-state index contributed by atoms with van der Waals surface area (Å²) >= 11 is 0. The summed E-state index contributed by atoms with van der Waals surface area (Å²) < 4.78 is 0. The fraction of sp³-hybridized carbons (Fsp3) is 0.538. The van der Waals surface area contributed by atoms with Crippen LogP contribution in [0.15, 0.2) is 24.3 Å². The highest BCUT2D eigenvalue weighted by Crippen LogP contribution is 2.17. The zero-order valence-corrected chi connectivity index (χ0v) is 10.6. The van der Waals surface area contributed by atoms with E-state index in [1.54, 1.807) is 12.1 Å². The first-order valence-electron chi connectivity index (χ1n) is 6.34. The van der Waals surface area contributed by atoms with Gasteiger partial charge in [0.05, 0.1) is 11.0 Å². The first-order valence-corrected chi connectivity index (χ1v) is 6.34. The van der Waals surface area contributed by atoms with Crippen molar-refractivity contribution in [2.45, 2.75) is 12.5 Å². The van der Waals surface area contributed by atoms with Gasteiger partial charge in [0.15, 0.2) is 0 Å². The molecule has 19 heavy (non-hydrogen) atoms. The molecule has 0 spiro atoms. The molecular formula is C13H18N2O4. The van der Waals surface area contributed by atoms with Crippen molar-refractivity contribution >= 4 is 5.69 Å². The molecule has 1 aliphatic rings. The number of nitrogens with zero attached hydrogens (tertiary/aromatic N) is 2. The van der Waals surface area contributed by atoms with Crippen molar-refractivity contribution in [1.29, 1.82) is 0 Å². The second-order valence-electron chi connectivity index (χ2n) is 4.94. The molecule has 0 aromatic heterocycles. The van der Waals surface area contributed by atoms with E-state index in [2.05, 4.69) is 4.90 Å². The normalized spacial score (nSPS) is 23.7. The van der Waals surface area contributed by atoms with Crippen LogP contribution in [-0.4, -0.2) is 52.4 Å². The smallest absolute Gasteiger partial charge is 0.269 e. The lowest BCUT2D eigenvalue weighted by Gasteiger charge is -2.14. The Hall–Kier alpha value is -1.50. The standard InChI is InChI=1S/C13H18N2O4/c16-9-11-7-14(8-13(11)17)6-5-10-1-3-12(4-2-10)15(18)19/h1-4,11,13,16-17H,5-9H2/t11-,13?/m1/s1. The van der Waals surface area contributed by atoms with Gasteiger partial charge in [-0.1, -0.05) is 12.1 Å². The fourth-order valence-electron chi connectivity index (χ4n) is 2.37. The average molecular weight is 266 g/mol. The number of β-amino-alcohol motifs (C(OH)–C–C–N with tert-alkyl or cyclic N) is 1. The molecule has 104 valence electrons. The molecule has 6 heteroatoms. The molecule has 0 aliphatic carbocycles. The van der Waals surface area contributed by atoms with Crippen molar-refractivity contribution in [3.05, 3.63) is 39.9 Å². The lowest BCUT2D eigenvalue weighted by molar-refractivity contribution is -0.384. The van der Waals surface area contributed by atoms with Crippen LogP contribution in [0.25, 0.3) is 0 Å². The maximum Gasteiger partial charge on any atom is 0.269 e. The van der Waals surface area contributed by atoms with Gasteiger partial charge >= 0.3 is 0 Å². The Morgan fingerprint density at radius 1 is 1.32 bits per heavy atom. The van der Waals surface area contributed by atoms with Crippen LogP contribution >= 0.6 is 0 Å². The summed E-state index contributed by atoms with van der Waals surface area (Å²) in [4.78, 5) is 12.2. The lowest BCUT2D eigenvalue weighted by Crippen LogP contribution is -2.24. The number of aliphatic hydroxyl groups is 2. The highest BCUT2D eigenvalue weighted by Gasteiger charge is 2.30. The zero-order chi connectivity index (χ0) is 13.8. The number of benzene rings is 1. The van der Waals surface area contributed by atoms with Crippen LogP contribution in [-0.2, 0) is 6.42 Å². The molecule has 2 atom stereocenters. The zero-order valence-electron chi connectivity index (χ0n) is 10.6. The van der Waals surface area contributed by atoms with Crippen LogP contribution in [0.4, 0.5) is 5.69 Å². The number of hydrogen-bond donors (Lipinski definition) is 2. The SMILES string of the molecule is O=[N+]([O-])c1ccc(CCN2CC(O)[C@@H](CO)C2)cc1. The van der Waals surface area contributed by atoms with E-state index in [1.807, 2.05) is 0 Å². The molecule has 2 N–H and O–H groups in total. The van der Waals surface area contributed by atoms with Crippen molar-refractivity contribution in [2.75, 3.05) is 26.2 Å². The predicted octanol–water partition coefficient (Wildman–Crippen LogP) is 0.422. The number of nitro groups is 1. The summed E-state index contributed by atoms with van der Waals surface area (Å²) in [7, 11) is 0. The number of hydrogen-bond acceptors (Lipinski definition) is 5. The summed E-state index contributed by atoms with van der Waals surface area (Å²) in [6, 6.07) is 6.53. The number of nitro benzene ring substituents is 1. The lowest BCUT2D eigenvalue weighted by atomic mass is 10.1. The minimum absolute atomic E-state index is 0.00913. The van der Waals surface area contributed by atoms with E-state index in [0.717, 1.165) is 18.5 Å². The second-order valence-corrected chi connectivity index (χ2v) is 4.94. The van der Waals surface area contributed by atoms with E-state index in [1.165, 1.54) is 12.1 Å². The molecule has 1 unspecified atom stereocenters. The summed E-state index contributed by atoms with van der Waals surface area (Å²) in [5, 5.41) is 29.3. The molecule has 1 saturated heterocycles. The number of likely N-dealkylation sites (tertiary alicyclic amines) is 1. The Kier molecular flexibility index (Phi) is 4.47. The van der Waals surface area contributed by atoms with E-state index < -0.39 is 11.0 Å². The maximum absolute atomic E-state index is 10.5. The molecule has 1 heterocycles.